The van der Waals surface area contributed by atoms with Gasteiger partial charge in [0.15, 0.2) is 0 Å². The van der Waals surface area contributed by atoms with Crippen LogP contribution in [0.4, 0.5) is 0 Å². The molecular weight excluding hydrogens is 1080 g/mol. The Hall–Kier alpha value is 0.380. The van der Waals surface area contributed by atoms with Crippen LogP contribution in [0.1, 0.15) is 119 Å². The molecule has 0 radical (unpaired) electrons. The normalized spacial score (nSPS) is 18.2. The number of rotatable bonds is 16. The molecular formula is C55H92S4Si6Sn. The summed E-state index contributed by atoms with van der Waals surface area (Å²) in [5.74, 6) is 1.30. The molecule has 0 spiro atoms. The standard InChI is InChI=1S/C27H59Si6.C15H23.C13H12S4.Sn/c1-28(2,3)25(29(4,5)6)22-19-23(26(30(7,8)9)31(10,11)12)21-24(20-22)27(32(13,14)15)33(16,17)18;1-10(2)13-7-14(11(3)4)9-15(8-13)12(5)6;14-13(16-17-15,11-7-3-1-4-8-11)12-9-5-2-6-10-12;/h19-20,25-27H,1-18H3;7-8,10-12H,1-6H3;1-10,14-15H;/q;;;+2/p-2. The van der Waals surface area contributed by atoms with Crippen LogP contribution in [0.15, 0.2) is 84.9 Å². The van der Waals surface area contributed by atoms with Crippen LogP contribution < -0.4 is 7.16 Å². The van der Waals surface area contributed by atoms with Gasteiger partial charge in [0, 0.05) is 0 Å². The molecule has 1 atom stereocenters. The van der Waals surface area contributed by atoms with E-state index in [1.807, 2.05) is 18.3 Å². The second-order valence-corrected chi connectivity index (χ2v) is 88.1. The van der Waals surface area contributed by atoms with Crippen molar-refractivity contribution >= 4 is 109 Å². The van der Waals surface area contributed by atoms with Crippen LogP contribution in [0, 0.1) is 0 Å². The molecule has 0 bridgehead atoms. The molecule has 1 saturated heterocycles. The fourth-order valence-corrected chi connectivity index (χ4v) is 113. The quantitative estimate of drug-likeness (QED) is 0.0810. The van der Waals surface area contributed by atoms with E-state index in [9.17, 15) is 0 Å². The van der Waals surface area contributed by atoms with E-state index in [1.165, 1.54) is 16.7 Å². The maximum atomic E-state index is 3.03. The van der Waals surface area contributed by atoms with Crippen molar-refractivity contribution in [2.75, 3.05) is 0 Å². The molecule has 0 nitrogen and oxygen atoms in total. The maximum absolute atomic E-state index is 4.32. The SMILES string of the molecule is CC(C)c1cc(C(C)C)[c]([Sn]2([c]3c(C([Si](C)(C)C)[Si](C)(C)C)cc(C([Si](C)(C)C)[Si](C)(C)C)cc3C([Si](C)(C)C)[Si](C)(C)C)[S]SSC(c3ccccc3)(c3ccccc3)[S]2)c(C(C)C)c1. The first-order valence-electron chi connectivity index (χ1n) is 25.2. The van der Waals surface area contributed by atoms with Gasteiger partial charge < -0.3 is 0 Å². The predicted octanol–water partition coefficient (Wildman–Crippen LogP) is 18.8. The number of hydrogen-bond donors (Lipinski definition) is 0. The summed E-state index contributed by atoms with van der Waals surface area (Å²) in [4.78, 5) is 0. The number of hydrogen-bond acceptors (Lipinski definition) is 4. The van der Waals surface area contributed by atoms with Gasteiger partial charge in [0.2, 0.25) is 0 Å². The molecule has 1 unspecified atom stereocenters. The van der Waals surface area contributed by atoms with Gasteiger partial charge in [0.05, 0.1) is 0 Å². The molecule has 1 fully saturated rings. The van der Waals surface area contributed by atoms with Crippen LogP contribution in [0.5, 0.6) is 0 Å². The molecule has 1 aliphatic heterocycles. The Morgan fingerprint density at radius 1 is 0.394 bits per heavy atom. The summed E-state index contributed by atoms with van der Waals surface area (Å²) in [6.45, 7) is 64.4. The van der Waals surface area contributed by atoms with Crippen LogP contribution in [0.2, 0.25) is 118 Å². The Balaban J connectivity index is 2.30. The second-order valence-electron chi connectivity index (χ2n) is 27.4. The average molecular weight is 1170 g/mol. The van der Waals surface area contributed by atoms with E-state index in [-0.39, 0.29) is 4.08 Å². The van der Waals surface area contributed by atoms with Crippen LogP contribution >= 0.6 is 37.5 Å². The second kappa shape index (κ2) is 20.7. The molecule has 0 aliphatic carbocycles. The van der Waals surface area contributed by atoms with E-state index in [2.05, 4.69) is 282 Å². The van der Waals surface area contributed by atoms with Crippen molar-refractivity contribution in [2.45, 2.75) is 197 Å². The monoisotopic (exact) mass is 1170 g/mol. The summed E-state index contributed by atoms with van der Waals surface area (Å²) < 4.78 is 3.50. The first-order valence-corrected chi connectivity index (χ1v) is 60.8. The molecule has 66 heavy (non-hydrogen) atoms. The van der Waals surface area contributed by atoms with Crippen LogP contribution in [-0.4, -0.2) is 64.1 Å². The third kappa shape index (κ3) is 12.1. The zero-order chi connectivity index (χ0) is 50.0. The van der Waals surface area contributed by atoms with Crippen LogP contribution in [0.25, 0.3) is 0 Å². The van der Waals surface area contributed by atoms with Gasteiger partial charge in [-0.25, -0.2) is 0 Å². The Bertz CT molecular complexity index is 2130. The van der Waals surface area contributed by atoms with E-state index >= 15 is 0 Å². The molecule has 4 aromatic carbocycles. The third-order valence-electron chi connectivity index (χ3n) is 14.1. The van der Waals surface area contributed by atoms with Crippen LogP contribution in [-0.2, 0) is 4.08 Å². The Labute approximate surface area is 430 Å². The Morgan fingerprint density at radius 3 is 1.02 bits per heavy atom. The summed E-state index contributed by atoms with van der Waals surface area (Å²) in [6, 6.07) is 35.2. The van der Waals surface area contributed by atoms with Crippen molar-refractivity contribution in [1.82, 2.24) is 0 Å². The van der Waals surface area contributed by atoms with Gasteiger partial charge in [0.1, 0.15) is 0 Å². The van der Waals surface area contributed by atoms with Gasteiger partial charge in [-0.05, 0) is 0 Å². The van der Waals surface area contributed by atoms with E-state index in [1.54, 1.807) is 16.7 Å². The summed E-state index contributed by atoms with van der Waals surface area (Å²) >= 11 is -4.32. The zero-order valence-corrected chi connectivity index (χ0v) is 58.3. The first-order chi connectivity index (χ1) is 30.0. The topological polar surface area (TPSA) is 0 Å². The van der Waals surface area contributed by atoms with Crippen molar-refractivity contribution in [1.29, 1.82) is 0 Å². The van der Waals surface area contributed by atoms with Crippen molar-refractivity contribution in [2.24, 2.45) is 0 Å². The molecule has 1 aliphatic rings. The van der Waals surface area contributed by atoms with Gasteiger partial charge in [-0.3, -0.25) is 0 Å². The first kappa shape index (κ1) is 57.3. The fraction of sp³-hybridized carbons (Fsp3) is 0.564. The Morgan fingerprint density at radius 2 is 0.712 bits per heavy atom. The molecule has 364 valence electrons. The van der Waals surface area contributed by atoms with Crippen molar-refractivity contribution in [3.8, 4) is 0 Å². The van der Waals surface area contributed by atoms with Crippen LogP contribution in [0.3, 0.4) is 0 Å². The molecule has 0 aromatic heterocycles. The molecule has 0 saturated carbocycles. The Kier molecular flexibility index (Phi) is 18.0. The molecule has 11 heteroatoms. The van der Waals surface area contributed by atoms with Gasteiger partial charge in [-0.2, -0.15) is 0 Å². The molecule has 5 rings (SSSR count). The van der Waals surface area contributed by atoms with Gasteiger partial charge in [-0.1, -0.05) is 0 Å². The third-order valence-corrected chi connectivity index (χ3v) is 83.9. The summed E-state index contributed by atoms with van der Waals surface area (Å²) in [5.41, 5.74) is 13.2. The molecule has 1 heterocycles. The van der Waals surface area contributed by atoms with Gasteiger partial charge in [-0.15, -0.1) is 0 Å². The summed E-state index contributed by atoms with van der Waals surface area (Å²) in [6.07, 6.45) is 0. The predicted molar refractivity (Wildman–Crippen MR) is 333 cm³/mol. The minimum atomic E-state index is -4.32. The van der Waals surface area contributed by atoms with Crippen molar-refractivity contribution in [3.63, 3.8) is 0 Å². The van der Waals surface area contributed by atoms with E-state index < -0.39 is 64.1 Å². The van der Waals surface area contributed by atoms with E-state index in [0.717, 1.165) is 0 Å². The van der Waals surface area contributed by atoms with Gasteiger partial charge >= 0.3 is 435 Å². The van der Waals surface area contributed by atoms with E-state index in [0.29, 0.717) is 33.2 Å². The summed E-state index contributed by atoms with van der Waals surface area (Å²) in [5, 5.41) is 1.94. The molecule has 0 amide bonds. The number of benzene rings is 4. The molecule has 0 N–H and O–H groups in total. The van der Waals surface area contributed by atoms with E-state index in [4.69, 9.17) is 0 Å². The van der Waals surface area contributed by atoms with Gasteiger partial charge in [0.25, 0.3) is 0 Å². The summed E-state index contributed by atoms with van der Waals surface area (Å²) in [7, 11) is -1.36. The van der Waals surface area contributed by atoms with Crippen molar-refractivity contribution in [3.05, 3.63) is 129 Å². The minimum absolute atomic E-state index is 0.276. The zero-order valence-electron chi connectivity index (χ0n) is 46.2. The average Bonchev–Trinajstić information content (AvgIpc) is 3.14. The molecule has 4 aromatic rings. The van der Waals surface area contributed by atoms with Crippen molar-refractivity contribution < 1.29 is 0 Å². The fourth-order valence-electron chi connectivity index (χ4n) is 13.2.